The standard InChI is InChI=1S/C20H29N3O3S2/c1-13-7-8-14(2)15(11-13)12-28-19-23-22-17(25-19)16(9-10-27-6)21-18(24)26-20(3,4)5/h7-8,11,16H,9-10,12H2,1-6H3,(H,21,24). The normalized spacial score (nSPS) is 12.6. The Morgan fingerprint density at radius 3 is 2.71 bits per heavy atom. The molecule has 8 heteroatoms. The van der Waals surface area contributed by atoms with Crippen molar-refractivity contribution in [1.82, 2.24) is 15.5 Å². The molecule has 0 saturated heterocycles. The number of nitrogens with one attached hydrogen (secondary N) is 1. The van der Waals surface area contributed by atoms with Gasteiger partial charge in [0.2, 0.25) is 5.89 Å². The van der Waals surface area contributed by atoms with E-state index in [1.165, 1.54) is 28.5 Å². The Morgan fingerprint density at radius 1 is 1.29 bits per heavy atom. The van der Waals surface area contributed by atoms with Crippen LogP contribution in [-0.2, 0) is 10.5 Å². The van der Waals surface area contributed by atoms with E-state index in [2.05, 4.69) is 47.6 Å². The van der Waals surface area contributed by atoms with Crippen molar-refractivity contribution >= 4 is 29.6 Å². The van der Waals surface area contributed by atoms with Crippen molar-refractivity contribution < 1.29 is 13.9 Å². The van der Waals surface area contributed by atoms with Crippen LogP contribution in [0.5, 0.6) is 0 Å². The second-order valence-corrected chi connectivity index (χ2v) is 9.52. The molecule has 1 aromatic heterocycles. The molecular weight excluding hydrogens is 394 g/mol. The summed E-state index contributed by atoms with van der Waals surface area (Å²) in [5.41, 5.74) is 3.15. The lowest BCUT2D eigenvalue weighted by Gasteiger charge is -2.22. The van der Waals surface area contributed by atoms with Gasteiger partial charge in [0.15, 0.2) is 0 Å². The highest BCUT2D eigenvalue weighted by Gasteiger charge is 2.24. The van der Waals surface area contributed by atoms with Crippen molar-refractivity contribution in [3.63, 3.8) is 0 Å². The molecule has 2 rings (SSSR count). The van der Waals surface area contributed by atoms with Crippen LogP contribution in [-0.4, -0.2) is 33.9 Å². The summed E-state index contributed by atoms with van der Waals surface area (Å²) in [6.45, 7) is 9.67. The SMILES string of the molecule is CSCCC(NC(=O)OC(C)(C)C)c1nnc(SCc2cc(C)ccc2C)o1. The van der Waals surface area contributed by atoms with Gasteiger partial charge in [-0.25, -0.2) is 4.79 Å². The van der Waals surface area contributed by atoms with Gasteiger partial charge in [-0.05, 0) is 64.2 Å². The zero-order valence-electron chi connectivity index (χ0n) is 17.4. The minimum absolute atomic E-state index is 0.371. The van der Waals surface area contributed by atoms with Gasteiger partial charge in [0, 0.05) is 5.75 Å². The predicted molar refractivity (Wildman–Crippen MR) is 115 cm³/mol. The Balaban J connectivity index is 2.03. The third-order valence-corrected chi connectivity index (χ3v) is 5.39. The van der Waals surface area contributed by atoms with Crippen LogP contribution >= 0.6 is 23.5 Å². The number of hydrogen-bond acceptors (Lipinski definition) is 7. The van der Waals surface area contributed by atoms with Crippen LogP contribution in [0.25, 0.3) is 0 Å². The molecule has 0 spiro atoms. The Hall–Kier alpha value is -1.67. The van der Waals surface area contributed by atoms with Crippen molar-refractivity contribution in [3.8, 4) is 0 Å². The van der Waals surface area contributed by atoms with Gasteiger partial charge in [-0.2, -0.15) is 11.8 Å². The Kier molecular flexibility index (Phi) is 8.24. The van der Waals surface area contributed by atoms with Crippen LogP contribution in [0.15, 0.2) is 27.8 Å². The molecule has 0 fully saturated rings. The van der Waals surface area contributed by atoms with Gasteiger partial charge in [0.25, 0.3) is 5.22 Å². The maximum Gasteiger partial charge on any atom is 0.408 e. The van der Waals surface area contributed by atoms with E-state index in [1.54, 1.807) is 11.8 Å². The lowest BCUT2D eigenvalue weighted by molar-refractivity contribution is 0.0493. The smallest absolute Gasteiger partial charge is 0.408 e. The van der Waals surface area contributed by atoms with Crippen LogP contribution in [0.4, 0.5) is 4.79 Å². The number of amides is 1. The summed E-state index contributed by atoms with van der Waals surface area (Å²) in [6, 6.07) is 6.02. The van der Waals surface area contributed by atoms with E-state index in [0.717, 1.165) is 11.5 Å². The molecule has 0 aliphatic rings. The lowest BCUT2D eigenvalue weighted by Crippen LogP contribution is -2.35. The summed E-state index contributed by atoms with van der Waals surface area (Å²) in [4.78, 5) is 12.2. The van der Waals surface area contributed by atoms with E-state index in [9.17, 15) is 4.79 Å². The van der Waals surface area contributed by atoms with E-state index in [-0.39, 0.29) is 6.04 Å². The summed E-state index contributed by atoms with van der Waals surface area (Å²) in [5, 5.41) is 11.6. The van der Waals surface area contributed by atoms with Crippen LogP contribution in [0.3, 0.4) is 0 Å². The number of nitrogens with zero attached hydrogens (tertiary/aromatic N) is 2. The highest BCUT2D eigenvalue weighted by Crippen LogP contribution is 2.27. The Morgan fingerprint density at radius 2 is 2.04 bits per heavy atom. The molecule has 6 nitrogen and oxygen atoms in total. The minimum Gasteiger partial charge on any atom is -0.444 e. The van der Waals surface area contributed by atoms with Crippen molar-refractivity contribution in [1.29, 1.82) is 0 Å². The fraction of sp³-hybridized carbons (Fsp3) is 0.550. The quantitative estimate of drug-likeness (QED) is 0.577. The summed E-state index contributed by atoms with van der Waals surface area (Å²) >= 11 is 3.19. The Bertz CT molecular complexity index is 787. The molecule has 0 aliphatic heterocycles. The van der Waals surface area contributed by atoms with Gasteiger partial charge in [0.05, 0.1) is 0 Å². The first kappa shape index (κ1) is 22.6. The van der Waals surface area contributed by atoms with E-state index >= 15 is 0 Å². The maximum atomic E-state index is 12.2. The van der Waals surface area contributed by atoms with Crippen molar-refractivity contribution in [2.75, 3.05) is 12.0 Å². The number of benzene rings is 1. The molecule has 1 heterocycles. The zero-order chi connectivity index (χ0) is 20.7. The highest BCUT2D eigenvalue weighted by molar-refractivity contribution is 7.98. The second-order valence-electron chi connectivity index (χ2n) is 7.61. The van der Waals surface area contributed by atoms with E-state index in [4.69, 9.17) is 9.15 Å². The van der Waals surface area contributed by atoms with Crippen molar-refractivity contribution in [3.05, 3.63) is 40.8 Å². The molecule has 0 saturated carbocycles. The third kappa shape index (κ3) is 7.39. The van der Waals surface area contributed by atoms with Gasteiger partial charge in [-0.1, -0.05) is 35.5 Å². The molecule has 0 radical (unpaired) electrons. The van der Waals surface area contributed by atoms with Crippen LogP contribution in [0.1, 0.15) is 55.8 Å². The van der Waals surface area contributed by atoms with Crippen molar-refractivity contribution in [2.24, 2.45) is 0 Å². The van der Waals surface area contributed by atoms with Gasteiger partial charge >= 0.3 is 6.09 Å². The number of ether oxygens (including phenoxy) is 1. The third-order valence-electron chi connectivity index (χ3n) is 3.88. The fourth-order valence-electron chi connectivity index (χ4n) is 2.46. The van der Waals surface area contributed by atoms with Crippen molar-refractivity contribution in [2.45, 2.75) is 63.7 Å². The maximum absolute atomic E-state index is 12.2. The van der Waals surface area contributed by atoms with Crippen LogP contribution < -0.4 is 5.32 Å². The first-order valence-corrected chi connectivity index (χ1v) is 11.6. The number of aromatic nitrogens is 2. The molecule has 2 aromatic rings. The topological polar surface area (TPSA) is 77.2 Å². The predicted octanol–water partition coefficient (Wildman–Crippen LogP) is 5.30. The number of alkyl carbamates (subject to hydrolysis) is 1. The number of thioether (sulfide) groups is 2. The molecule has 0 aliphatic carbocycles. The molecule has 154 valence electrons. The number of hydrogen-bond donors (Lipinski definition) is 1. The summed E-state index contributed by atoms with van der Waals surface area (Å²) in [7, 11) is 0. The summed E-state index contributed by atoms with van der Waals surface area (Å²) in [5.74, 6) is 2.01. The van der Waals surface area contributed by atoms with E-state index in [1.807, 2.05) is 27.0 Å². The number of carbonyl (C=O) groups is 1. The van der Waals surface area contributed by atoms with Gasteiger partial charge < -0.3 is 14.5 Å². The zero-order valence-corrected chi connectivity index (χ0v) is 19.0. The van der Waals surface area contributed by atoms with Gasteiger partial charge in [-0.15, -0.1) is 10.2 Å². The highest BCUT2D eigenvalue weighted by atomic mass is 32.2. The molecule has 1 N–H and O–H groups in total. The van der Waals surface area contributed by atoms with Crippen LogP contribution in [0, 0.1) is 13.8 Å². The molecule has 1 unspecified atom stereocenters. The fourth-order valence-corrected chi connectivity index (χ4v) is 3.76. The Labute approximate surface area is 175 Å². The summed E-state index contributed by atoms with van der Waals surface area (Å²) in [6.07, 6.45) is 2.22. The second kappa shape index (κ2) is 10.2. The monoisotopic (exact) mass is 423 g/mol. The average Bonchev–Trinajstić information content (AvgIpc) is 3.06. The molecule has 0 bridgehead atoms. The minimum atomic E-state index is -0.560. The van der Waals surface area contributed by atoms with E-state index < -0.39 is 11.7 Å². The van der Waals surface area contributed by atoms with Crippen LogP contribution in [0.2, 0.25) is 0 Å². The van der Waals surface area contributed by atoms with Gasteiger partial charge in [-0.3, -0.25) is 0 Å². The average molecular weight is 424 g/mol. The molecule has 1 atom stereocenters. The molecule has 1 amide bonds. The largest absolute Gasteiger partial charge is 0.444 e. The molecule has 28 heavy (non-hydrogen) atoms. The number of carbonyl (C=O) groups excluding carboxylic acids is 1. The number of rotatable bonds is 8. The number of aryl methyl sites for hydroxylation is 2. The van der Waals surface area contributed by atoms with Gasteiger partial charge in [0.1, 0.15) is 11.6 Å². The summed E-state index contributed by atoms with van der Waals surface area (Å²) < 4.78 is 11.2. The first-order valence-electron chi connectivity index (χ1n) is 9.18. The molecular formula is C20H29N3O3S2. The molecule has 1 aromatic carbocycles. The lowest BCUT2D eigenvalue weighted by atomic mass is 10.1. The first-order chi connectivity index (χ1) is 13.2. The van der Waals surface area contributed by atoms with E-state index in [0.29, 0.717) is 17.5 Å².